The Labute approximate surface area is 83.9 Å². The van der Waals surface area contributed by atoms with E-state index in [0.29, 0.717) is 6.54 Å². The molecule has 1 aromatic carbocycles. The van der Waals surface area contributed by atoms with Crippen LogP contribution in [0.1, 0.15) is 13.8 Å². The molecular weight excluding hydrogens is 176 g/mol. The van der Waals surface area contributed by atoms with Crippen LogP contribution in [0.15, 0.2) is 35.3 Å². The van der Waals surface area contributed by atoms with Crippen LogP contribution in [0, 0.1) is 5.21 Å². The van der Waals surface area contributed by atoms with Gasteiger partial charge >= 0.3 is 0 Å². The molecule has 0 radical (unpaired) electrons. The highest BCUT2D eigenvalue weighted by molar-refractivity contribution is 5.77. The summed E-state index contributed by atoms with van der Waals surface area (Å²) in [5, 5.41) is 12.3. The van der Waals surface area contributed by atoms with Crippen LogP contribution in [0.3, 0.4) is 0 Å². The molecule has 1 unspecified atom stereocenters. The largest absolute Gasteiger partial charge is 0.621 e. The summed E-state index contributed by atoms with van der Waals surface area (Å²) in [5.41, 5.74) is 0.513. The van der Waals surface area contributed by atoms with Gasteiger partial charge in [0.05, 0.1) is 0 Å². The smallest absolute Gasteiger partial charge is 0.191 e. The lowest BCUT2D eigenvalue weighted by Gasteiger charge is -2.35. The van der Waals surface area contributed by atoms with Gasteiger partial charge in [-0.25, -0.2) is 4.99 Å². The zero-order valence-electron chi connectivity index (χ0n) is 8.47. The molecule has 0 N–H and O–H groups in total. The van der Waals surface area contributed by atoms with Gasteiger partial charge in [0.1, 0.15) is 17.8 Å². The zero-order chi connectivity index (χ0) is 10.2. The molecule has 1 heterocycles. The van der Waals surface area contributed by atoms with Gasteiger partial charge in [0.2, 0.25) is 0 Å². The van der Waals surface area contributed by atoms with Crippen molar-refractivity contribution in [2.24, 2.45) is 4.99 Å². The van der Waals surface area contributed by atoms with Crippen LogP contribution in [0.5, 0.6) is 0 Å². The Kier molecular flexibility index (Phi) is 1.94. The number of hydrogen-bond acceptors (Lipinski definition) is 2. The molecule has 2 rings (SSSR count). The quantitative estimate of drug-likeness (QED) is 0.494. The monoisotopic (exact) mass is 190 g/mol. The Morgan fingerprint density at radius 2 is 1.93 bits per heavy atom. The fraction of sp³-hybridized carbons (Fsp3) is 0.364. The van der Waals surface area contributed by atoms with Gasteiger partial charge < -0.3 is 5.21 Å². The lowest BCUT2D eigenvalue weighted by Crippen LogP contribution is -2.44. The standard InChI is InChI=1S/C11H14N2O/c1-11(2)8-13(14,9-12-11)10-6-4-3-5-7-10/h3-7,9H,8H2,1-2H3. The third kappa shape index (κ3) is 1.56. The molecule has 0 aliphatic carbocycles. The van der Waals surface area contributed by atoms with Crippen LogP contribution in [0.25, 0.3) is 0 Å². The van der Waals surface area contributed by atoms with Crippen molar-refractivity contribution in [2.45, 2.75) is 19.4 Å². The minimum absolute atomic E-state index is 0.239. The first-order chi connectivity index (χ1) is 6.52. The van der Waals surface area contributed by atoms with Crippen molar-refractivity contribution in [1.29, 1.82) is 0 Å². The van der Waals surface area contributed by atoms with Gasteiger partial charge in [0.25, 0.3) is 0 Å². The predicted octanol–water partition coefficient (Wildman–Crippen LogP) is 2.31. The lowest BCUT2D eigenvalue weighted by atomic mass is 10.1. The second kappa shape index (κ2) is 2.90. The summed E-state index contributed by atoms with van der Waals surface area (Å²) in [6, 6.07) is 9.37. The number of nitrogens with zero attached hydrogens (tertiary/aromatic N) is 2. The molecule has 0 saturated carbocycles. The maximum atomic E-state index is 12.3. The first-order valence-corrected chi connectivity index (χ1v) is 4.73. The van der Waals surface area contributed by atoms with Crippen LogP contribution in [0.2, 0.25) is 0 Å². The molecule has 1 aliphatic rings. The van der Waals surface area contributed by atoms with Crippen molar-refractivity contribution in [3.05, 3.63) is 35.5 Å². The van der Waals surface area contributed by atoms with Crippen molar-refractivity contribution < 1.29 is 0 Å². The van der Waals surface area contributed by atoms with Gasteiger partial charge in [-0.1, -0.05) is 18.2 Å². The molecule has 0 bridgehead atoms. The summed E-state index contributed by atoms with van der Waals surface area (Å²) in [5.74, 6) is 0. The third-order valence-electron chi connectivity index (χ3n) is 2.41. The van der Waals surface area contributed by atoms with Gasteiger partial charge in [-0.05, 0) is 26.0 Å². The molecule has 0 fully saturated rings. The van der Waals surface area contributed by atoms with Crippen LogP contribution < -0.4 is 4.65 Å². The van der Waals surface area contributed by atoms with Crippen LogP contribution in [-0.2, 0) is 0 Å². The van der Waals surface area contributed by atoms with Crippen molar-refractivity contribution in [2.75, 3.05) is 6.54 Å². The number of benzene rings is 1. The summed E-state index contributed by atoms with van der Waals surface area (Å²) >= 11 is 0. The molecule has 0 spiro atoms. The van der Waals surface area contributed by atoms with E-state index < -0.39 is 4.65 Å². The lowest BCUT2D eigenvalue weighted by molar-refractivity contribution is 0.448. The molecule has 3 nitrogen and oxygen atoms in total. The van der Waals surface area contributed by atoms with E-state index in [-0.39, 0.29) is 5.54 Å². The minimum Gasteiger partial charge on any atom is -0.621 e. The number of rotatable bonds is 1. The summed E-state index contributed by atoms with van der Waals surface area (Å²) in [6.07, 6.45) is 1.50. The first kappa shape index (κ1) is 9.37. The van der Waals surface area contributed by atoms with Gasteiger partial charge in [-0.15, -0.1) is 0 Å². The average molecular weight is 190 g/mol. The first-order valence-electron chi connectivity index (χ1n) is 4.73. The maximum Gasteiger partial charge on any atom is 0.191 e. The fourth-order valence-corrected chi connectivity index (χ4v) is 1.74. The maximum absolute atomic E-state index is 12.3. The van der Waals surface area contributed by atoms with E-state index in [4.69, 9.17) is 0 Å². The predicted molar refractivity (Wildman–Crippen MR) is 59.0 cm³/mol. The van der Waals surface area contributed by atoms with E-state index in [1.165, 1.54) is 6.34 Å². The topological polar surface area (TPSA) is 35.4 Å². The molecule has 0 saturated heterocycles. The fourth-order valence-electron chi connectivity index (χ4n) is 1.74. The number of hydrogen-bond donors (Lipinski definition) is 0. The van der Waals surface area contributed by atoms with Gasteiger partial charge in [-0.2, -0.15) is 0 Å². The number of quaternary nitrogens is 1. The molecule has 1 atom stereocenters. The van der Waals surface area contributed by atoms with Gasteiger partial charge in [-0.3, -0.25) is 4.65 Å². The molecule has 0 aromatic heterocycles. The second-order valence-corrected chi connectivity index (χ2v) is 4.35. The molecular formula is C11H14N2O. The molecule has 74 valence electrons. The van der Waals surface area contributed by atoms with Crippen molar-refractivity contribution >= 4 is 12.0 Å². The highest BCUT2D eigenvalue weighted by Crippen LogP contribution is 2.28. The summed E-state index contributed by atoms with van der Waals surface area (Å²) in [7, 11) is 0. The Balaban J connectivity index is 2.33. The van der Waals surface area contributed by atoms with E-state index in [9.17, 15) is 5.21 Å². The van der Waals surface area contributed by atoms with Crippen molar-refractivity contribution in [3.8, 4) is 0 Å². The summed E-state index contributed by atoms with van der Waals surface area (Å²) in [4.78, 5) is 4.23. The number of para-hydroxylation sites is 1. The Morgan fingerprint density at radius 1 is 1.29 bits per heavy atom. The Bertz CT molecular complexity index is 359. The van der Waals surface area contributed by atoms with Gasteiger partial charge in [0.15, 0.2) is 6.34 Å². The van der Waals surface area contributed by atoms with Crippen molar-refractivity contribution in [3.63, 3.8) is 0 Å². The molecule has 3 heteroatoms. The zero-order valence-corrected chi connectivity index (χ0v) is 8.47. The van der Waals surface area contributed by atoms with Crippen LogP contribution in [0.4, 0.5) is 5.69 Å². The molecule has 1 aliphatic heterocycles. The highest BCUT2D eigenvalue weighted by Gasteiger charge is 2.35. The van der Waals surface area contributed by atoms with Gasteiger partial charge in [0, 0.05) is 0 Å². The Morgan fingerprint density at radius 3 is 2.43 bits per heavy atom. The van der Waals surface area contributed by atoms with E-state index in [2.05, 4.69) is 4.99 Å². The van der Waals surface area contributed by atoms with Crippen molar-refractivity contribution in [1.82, 2.24) is 4.65 Å². The van der Waals surface area contributed by atoms with Crippen LogP contribution >= 0.6 is 0 Å². The average Bonchev–Trinajstić information content (AvgIpc) is 2.44. The van der Waals surface area contributed by atoms with E-state index in [1.54, 1.807) is 0 Å². The normalized spacial score (nSPS) is 29.4. The van der Waals surface area contributed by atoms with E-state index in [1.807, 2.05) is 44.2 Å². The summed E-state index contributed by atoms with van der Waals surface area (Å²) < 4.78 is -0.437. The SMILES string of the molecule is CC1(C)C[N+]([O-])(c2ccccc2)C=N1. The van der Waals surface area contributed by atoms with E-state index >= 15 is 0 Å². The molecule has 14 heavy (non-hydrogen) atoms. The number of hydroxylamine groups is 2. The highest BCUT2D eigenvalue weighted by atomic mass is 16.5. The number of aliphatic imine (C=N–C) groups is 1. The Hall–Kier alpha value is -1.19. The van der Waals surface area contributed by atoms with E-state index in [0.717, 1.165) is 5.69 Å². The molecule has 1 aromatic rings. The van der Waals surface area contributed by atoms with Crippen LogP contribution in [-0.4, -0.2) is 18.4 Å². The third-order valence-corrected chi connectivity index (χ3v) is 2.41. The molecule has 0 amide bonds. The second-order valence-electron chi connectivity index (χ2n) is 4.35. The minimum atomic E-state index is -0.437. The summed E-state index contributed by atoms with van der Waals surface area (Å²) in [6.45, 7) is 4.44.